The fourth-order valence-electron chi connectivity index (χ4n) is 1.69. The first-order valence-electron chi connectivity index (χ1n) is 6.73. The molecule has 0 saturated carbocycles. The number of anilines is 2. The fourth-order valence-corrected chi connectivity index (χ4v) is 1.88. The van der Waals surface area contributed by atoms with E-state index in [0.717, 1.165) is 18.5 Å². The van der Waals surface area contributed by atoms with Crippen molar-refractivity contribution >= 4 is 29.1 Å². The second kappa shape index (κ2) is 7.04. The molecule has 2 N–H and O–H groups in total. The van der Waals surface area contributed by atoms with Gasteiger partial charge in [-0.25, -0.2) is 9.97 Å². The molecule has 21 heavy (non-hydrogen) atoms. The Morgan fingerprint density at radius 2 is 2.00 bits per heavy atom. The zero-order chi connectivity index (χ0) is 15.2. The van der Waals surface area contributed by atoms with Crippen molar-refractivity contribution in [2.45, 2.75) is 20.3 Å². The number of nitrogens with one attached hydrogen (secondary N) is 2. The van der Waals surface area contributed by atoms with E-state index in [0.29, 0.717) is 22.2 Å². The lowest BCUT2D eigenvalue weighted by molar-refractivity contribution is 0.102. The summed E-state index contributed by atoms with van der Waals surface area (Å²) < 4.78 is 0. The van der Waals surface area contributed by atoms with Crippen molar-refractivity contribution < 1.29 is 4.79 Å². The molecule has 1 amide bonds. The molecule has 0 fully saturated rings. The van der Waals surface area contributed by atoms with Gasteiger partial charge in [-0.2, -0.15) is 0 Å². The van der Waals surface area contributed by atoms with Crippen LogP contribution < -0.4 is 10.6 Å². The van der Waals surface area contributed by atoms with Crippen LogP contribution >= 0.6 is 11.6 Å². The Balaban J connectivity index is 2.15. The highest BCUT2D eigenvalue weighted by molar-refractivity contribution is 6.34. The normalized spacial score (nSPS) is 10.2. The van der Waals surface area contributed by atoms with Crippen molar-refractivity contribution in [1.82, 2.24) is 9.97 Å². The summed E-state index contributed by atoms with van der Waals surface area (Å²) in [6, 6.07) is 5.27. The van der Waals surface area contributed by atoms with Gasteiger partial charge in [0.2, 0.25) is 0 Å². The van der Waals surface area contributed by atoms with Gasteiger partial charge in [0.1, 0.15) is 11.6 Å². The van der Waals surface area contributed by atoms with Gasteiger partial charge >= 0.3 is 0 Å². The number of hydrogen-bond donors (Lipinski definition) is 2. The number of amides is 1. The standard InChI is InChI=1S/C15H17ClN4O/c1-3-6-17-14-7-11(12(16)9-19-14)15(21)20-13-5-4-10(2)8-18-13/h4-5,7-9H,3,6H2,1-2H3,(H,17,19)(H,18,20,21). The van der Waals surface area contributed by atoms with E-state index < -0.39 is 0 Å². The number of hydrogen-bond acceptors (Lipinski definition) is 4. The summed E-state index contributed by atoms with van der Waals surface area (Å²) in [5, 5.41) is 6.15. The average Bonchev–Trinajstić information content (AvgIpc) is 2.48. The maximum absolute atomic E-state index is 12.3. The lowest BCUT2D eigenvalue weighted by Gasteiger charge is -2.09. The second-order valence-corrected chi connectivity index (χ2v) is 5.06. The van der Waals surface area contributed by atoms with Crippen LogP contribution in [0, 0.1) is 6.92 Å². The third kappa shape index (κ3) is 4.16. The number of pyridine rings is 2. The number of halogens is 1. The first-order valence-corrected chi connectivity index (χ1v) is 7.11. The minimum atomic E-state index is -0.307. The Bertz CT molecular complexity index is 628. The smallest absolute Gasteiger partial charge is 0.258 e. The zero-order valence-corrected chi connectivity index (χ0v) is 12.7. The molecule has 0 aliphatic heterocycles. The Hall–Kier alpha value is -2.14. The highest BCUT2D eigenvalue weighted by atomic mass is 35.5. The van der Waals surface area contributed by atoms with Crippen LogP contribution in [0.15, 0.2) is 30.6 Å². The summed E-state index contributed by atoms with van der Waals surface area (Å²) in [5.74, 6) is 0.808. The largest absolute Gasteiger partial charge is 0.370 e. The SMILES string of the molecule is CCCNc1cc(C(=O)Nc2ccc(C)cn2)c(Cl)cn1. The predicted molar refractivity (Wildman–Crippen MR) is 85.0 cm³/mol. The lowest BCUT2D eigenvalue weighted by Crippen LogP contribution is -2.14. The van der Waals surface area contributed by atoms with Gasteiger partial charge in [-0.1, -0.05) is 24.6 Å². The number of carbonyl (C=O) groups is 1. The number of carbonyl (C=O) groups excluding carboxylic acids is 1. The molecule has 2 aromatic heterocycles. The topological polar surface area (TPSA) is 66.9 Å². The second-order valence-electron chi connectivity index (χ2n) is 4.65. The molecule has 0 aliphatic rings. The minimum Gasteiger partial charge on any atom is -0.370 e. The van der Waals surface area contributed by atoms with E-state index in [1.54, 1.807) is 18.3 Å². The molecule has 2 aromatic rings. The molecular formula is C15H17ClN4O. The van der Waals surface area contributed by atoms with Gasteiger partial charge in [0.05, 0.1) is 10.6 Å². The maximum Gasteiger partial charge on any atom is 0.258 e. The summed E-state index contributed by atoms with van der Waals surface area (Å²) in [7, 11) is 0. The summed E-state index contributed by atoms with van der Waals surface area (Å²) in [5.41, 5.74) is 1.40. The Labute approximate surface area is 128 Å². The van der Waals surface area contributed by atoms with Crippen LogP contribution in [0.25, 0.3) is 0 Å². The van der Waals surface area contributed by atoms with E-state index in [2.05, 4.69) is 27.5 Å². The molecule has 0 radical (unpaired) electrons. The monoisotopic (exact) mass is 304 g/mol. The number of aromatic nitrogens is 2. The van der Waals surface area contributed by atoms with Crippen molar-refractivity contribution in [1.29, 1.82) is 0 Å². The quantitative estimate of drug-likeness (QED) is 0.887. The van der Waals surface area contributed by atoms with Crippen molar-refractivity contribution in [2.75, 3.05) is 17.2 Å². The van der Waals surface area contributed by atoms with Gasteiger partial charge in [-0.15, -0.1) is 0 Å². The zero-order valence-electron chi connectivity index (χ0n) is 12.0. The first kappa shape index (κ1) is 15.3. The summed E-state index contributed by atoms with van der Waals surface area (Å²) in [4.78, 5) is 20.5. The Morgan fingerprint density at radius 1 is 1.24 bits per heavy atom. The molecule has 5 nitrogen and oxygen atoms in total. The van der Waals surface area contributed by atoms with E-state index in [1.165, 1.54) is 6.20 Å². The molecule has 0 saturated heterocycles. The summed E-state index contributed by atoms with van der Waals surface area (Å²) in [6.07, 6.45) is 4.13. The van der Waals surface area contributed by atoms with Gasteiger partial charge in [-0.05, 0) is 31.0 Å². The molecule has 0 bridgehead atoms. The van der Waals surface area contributed by atoms with E-state index >= 15 is 0 Å². The van der Waals surface area contributed by atoms with E-state index in [9.17, 15) is 4.79 Å². The molecule has 0 aromatic carbocycles. The minimum absolute atomic E-state index is 0.307. The number of rotatable bonds is 5. The van der Waals surface area contributed by atoms with Gasteiger partial charge < -0.3 is 10.6 Å². The van der Waals surface area contributed by atoms with Crippen LogP contribution in [-0.4, -0.2) is 22.4 Å². The highest BCUT2D eigenvalue weighted by Gasteiger charge is 2.12. The van der Waals surface area contributed by atoms with E-state index in [-0.39, 0.29) is 5.91 Å². The Morgan fingerprint density at radius 3 is 2.67 bits per heavy atom. The van der Waals surface area contributed by atoms with E-state index in [4.69, 9.17) is 11.6 Å². The van der Waals surface area contributed by atoms with Crippen LogP contribution in [-0.2, 0) is 0 Å². The van der Waals surface area contributed by atoms with Crippen LogP contribution in [0.4, 0.5) is 11.6 Å². The average molecular weight is 305 g/mol. The molecule has 6 heteroatoms. The van der Waals surface area contributed by atoms with Crippen molar-refractivity contribution in [3.05, 3.63) is 46.7 Å². The molecule has 2 rings (SSSR count). The van der Waals surface area contributed by atoms with Crippen molar-refractivity contribution in [3.8, 4) is 0 Å². The molecule has 0 aliphatic carbocycles. The van der Waals surface area contributed by atoms with Gasteiger partial charge in [0.25, 0.3) is 5.91 Å². The maximum atomic E-state index is 12.3. The van der Waals surface area contributed by atoms with Crippen LogP contribution in [0.1, 0.15) is 29.3 Å². The Kier molecular flexibility index (Phi) is 5.11. The third-order valence-corrected chi connectivity index (χ3v) is 3.11. The van der Waals surface area contributed by atoms with Crippen LogP contribution in [0.5, 0.6) is 0 Å². The molecule has 0 atom stereocenters. The van der Waals surface area contributed by atoms with E-state index in [1.807, 2.05) is 13.0 Å². The molecule has 0 spiro atoms. The third-order valence-electron chi connectivity index (χ3n) is 2.81. The first-order chi connectivity index (χ1) is 10.1. The lowest BCUT2D eigenvalue weighted by atomic mass is 10.2. The highest BCUT2D eigenvalue weighted by Crippen LogP contribution is 2.19. The van der Waals surface area contributed by atoms with Crippen LogP contribution in [0.2, 0.25) is 5.02 Å². The van der Waals surface area contributed by atoms with Gasteiger partial charge in [-0.3, -0.25) is 4.79 Å². The number of nitrogens with zero attached hydrogens (tertiary/aromatic N) is 2. The van der Waals surface area contributed by atoms with Gasteiger partial charge in [0.15, 0.2) is 0 Å². The summed E-state index contributed by atoms with van der Waals surface area (Å²) in [6.45, 7) is 4.78. The fraction of sp³-hybridized carbons (Fsp3) is 0.267. The van der Waals surface area contributed by atoms with Crippen molar-refractivity contribution in [2.24, 2.45) is 0 Å². The van der Waals surface area contributed by atoms with Gasteiger partial charge in [0, 0.05) is 18.9 Å². The van der Waals surface area contributed by atoms with Crippen molar-refractivity contribution in [3.63, 3.8) is 0 Å². The summed E-state index contributed by atoms with van der Waals surface area (Å²) >= 11 is 6.05. The van der Waals surface area contributed by atoms with Crippen LogP contribution in [0.3, 0.4) is 0 Å². The molecule has 2 heterocycles. The predicted octanol–water partition coefficient (Wildman–Crippen LogP) is 3.51. The molecular weight excluding hydrogens is 288 g/mol. The number of aryl methyl sites for hydroxylation is 1. The molecule has 0 unspecified atom stereocenters. The molecule has 110 valence electrons.